The average molecular weight is 665 g/mol. The Morgan fingerprint density at radius 1 is 1.04 bits per heavy atom. The number of alkyl halides is 3. The number of fused-ring (bicyclic) bond motifs is 1. The number of nitrogens with zero attached hydrogens (tertiary/aromatic N) is 5. The average Bonchev–Trinajstić information content (AvgIpc) is 3.48. The number of ether oxygens (including phenoxy) is 2. The highest BCUT2D eigenvalue weighted by atomic mass is 19.4. The van der Waals surface area contributed by atoms with E-state index in [1.165, 1.54) is 19.5 Å². The molecule has 11 nitrogen and oxygen atoms in total. The van der Waals surface area contributed by atoms with Crippen LogP contribution in [0, 0.1) is 5.82 Å². The van der Waals surface area contributed by atoms with E-state index in [1.54, 1.807) is 16.8 Å². The van der Waals surface area contributed by atoms with Crippen molar-refractivity contribution in [1.82, 2.24) is 30.0 Å². The molecule has 250 valence electrons. The standard InChI is InChI=1S/C33H32F4N8O3/c1-47-27-16-21(4-9-26(27)42-32(46)24-8-5-22(17-25(24)34)33(35,36)37)29-28-30(38)40-19-41-31(28)45(43-29)23-6-2-20(3-7-23)18-39-10-11-44-12-14-48-15-13-44/h2-9,16-17,19,39H,10-15,18H2,1H3,(H,42,46)(H2,38,40,41). The highest BCUT2D eigenvalue weighted by Crippen LogP contribution is 2.36. The van der Waals surface area contributed by atoms with Gasteiger partial charge in [-0.3, -0.25) is 9.69 Å². The van der Waals surface area contributed by atoms with E-state index >= 15 is 0 Å². The Kier molecular flexibility index (Phi) is 9.52. The predicted octanol–water partition coefficient (Wildman–Crippen LogP) is 4.91. The van der Waals surface area contributed by atoms with E-state index in [2.05, 4.69) is 25.5 Å². The van der Waals surface area contributed by atoms with Gasteiger partial charge in [0.25, 0.3) is 5.91 Å². The van der Waals surface area contributed by atoms with Crippen molar-refractivity contribution in [2.45, 2.75) is 12.7 Å². The van der Waals surface area contributed by atoms with E-state index in [-0.39, 0.29) is 23.3 Å². The summed E-state index contributed by atoms with van der Waals surface area (Å²) in [6.07, 6.45) is -3.39. The summed E-state index contributed by atoms with van der Waals surface area (Å²) in [4.78, 5) is 23.8. The molecule has 1 fully saturated rings. The van der Waals surface area contributed by atoms with Crippen molar-refractivity contribution in [3.8, 4) is 22.7 Å². The van der Waals surface area contributed by atoms with Crippen LogP contribution in [-0.4, -0.2) is 77.1 Å². The molecule has 5 aromatic rings. The molecule has 1 amide bonds. The monoisotopic (exact) mass is 664 g/mol. The van der Waals surface area contributed by atoms with Crippen LogP contribution >= 0.6 is 0 Å². The first-order valence-corrected chi connectivity index (χ1v) is 15.1. The van der Waals surface area contributed by atoms with Crippen LogP contribution in [-0.2, 0) is 17.5 Å². The summed E-state index contributed by atoms with van der Waals surface area (Å²) in [5.41, 5.74) is 8.02. The van der Waals surface area contributed by atoms with E-state index in [0.29, 0.717) is 34.9 Å². The summed E-state index contributed by atoms with van der Waals surface area (Å²) in [5.74, 6) is -1.86. The van der Waals surface area contributed by atoms with Crippen LogP contribution in [0.5, 0.6) is 5.75 Å². The number of nitrogen functional groups attached to an aromatic ring is 1. The minimum Gasteiger partial charge on any atom is -0.495 e. The largest absolute Gasteiger partial charge is 0.495 e. The molecule has 2 aromatic heterocycles. The van der Waals surface area contributed by atoms with Gasteiger partial charge in [-0.2, -0.15) is 18.3 Å². The SMILES string of the molecule is COc1cc(-c2nn(-c3ccc(CNCCN4CCOCC4)cc3)c3ncnc(N)c23)ccc1NC(=O)c1ccc(C(F)(F)F)cc1F. The zero-order chi connectivity index (χ0) is 33.8. The summed E-state index contributed by atoms with van der Waals surface area (Å²) in [6.45, 7) is 5.98. The molecule has 1 aliphatic rings. The van der Waals surface area contributed by atoms with Gasteiger partial charge in [0.2, 0.25) is 0 Å². The van der Waals surface area contributed by atoms with Gasteiger partial charge in [-0.15, -0.1) is 0 Å². The molecule has 3 aromatic carbocycles. The number of carbonyl (C=O) groups excluding carboxylic acids is 1. The number of methoxy groups -OCH3 is 1. The van der Waals surface area contributed by atoms with Gasteiger partial charge in [0.15, 0.2) is 5.65 Å². The molecular formula is C33H32F4N8O3. The first-order chi connectivity index (χ1) is 23.1. The van der Waals surface area contributed by atoms with Crippen LogP contribution in [0.4, 0.5) is 29.1 Å². The first-order valence-electron chi connectivity index (χ1n) is 15.1. The number of morpholine rings is 1. The molecule has 3 heterocycles. The van der Waals surface area contributed by atoms with E-state index in [0.717, 1.165) is 56.7 Å². The topological polar surface area (TPSA) is 132 Å². The van der Waals surface area contributed by atoms with Crippen molar-refractivity contribution >= 4 is 28.4 Å². The number of amides is 1. The normalized spacial score (nSPS) is 13.9. The van der Waals surface area contributed by atoms with E-state index < -0.39 is 29.0 Å². The predicted molar refractivity (Wildman–Crippen MR) is 171 cm³/mol. The smallest absolute Gasteiger partial charge is 0.416 e. The van der Waals surface area contributed by atoms with Crippen LogP contribution in [0.2, 0.25) is 0 Å². The minimum atomic E-state index is -4.75. The maximum absolute atomic E-state index is 14.5. The second kappa shape index (κ2) is 13.9. The Labute approximate surface area is 272 Å². The van der Waals surface area contributed by atoms with Gasteiger partial charge in [0.1, 0.15) is 29.4 Å². The molecular weight excluding hydrogens is 632 g/mol. The Balaban J connectivity index is 1.22. The second-order valence-electron chi connectivity index (χ2n) is 11.1. The molecule has 1 aliphatic heterocycles. The number of nitrogens with one attached hydrogen (secondary N) is 2. The quantitative estimate of drug-likeness (QED) is 0.141. The molecule has 15 heteroatoms. The molecule has 0 atom stereocenters. The van der Waals surface area contributed by atoms with Gasteiger partial charge in [-0.25, -0.2) is 19.0 Å². The number of rotatable bonds is 10. The van der Waals surface area contributed by atoms with Gasteiger partial charge in [-0.05, 0) is 48.0 Å². The lowest BCUT2D eigenvalue weighted by molar-refractivity contribution is -0.137. The van der Waals surface area contributed by atoms with Gasteiger partial charge in [-0.1, -0.05) is 18.2 Å². The summed E-state index contributed by atoms with van der Waals surface area (Å²) in [5, 5.41) is 11.3. The van der Waals surface area contributed by atoms with Gasteiger partial charge in [0.05, 0.1) is 48.2 Å². The molecule has 0 aliphatic carbocycles. The molecule has 1 saturated heterocycles. The van der Waals surface area contributed by atoms with Crippen LogP contribution in [0.1, 0.15) is 21.5 Å². The third-order valence-corrected chi connectivity index (χ3v) is 7.98. The van der Waals surface area contributed by atoms with Crippen molar-refractivity contribution < 1.29 is 31.8 Å². The number of aromatic nitrogens is 4. The molecule has 0 saturated carbocycles. The number of hydrogen-bond acceptors (Lipinski definition) is 9. The fraction of sp³-hybridized carbons (Fsp3) is 0.273. The van der Waals surface area contributed by atoms with Crippen molar-refractivity contribution in [2.24, 2.45) is 0 Å². The molecule has 48 heavy (non-hydrogen) atoms. The lowest BCUT2D eigenvalue weighted by atomic mass is 10.1. The zero-order valence-electron chi connectivity index (χ0n) is 25.9. The van der Waals surface area contributed by atoms with Gasteiger partial charge < -0.3 is 25.8 Å². The van der Waals surface area contributed by atoms with E-state index in [1.807, 2.05) is 24.3 Å². The van der Waals surface area contributed by atoms with Crippen LogP contribution in [0.15, 0.2) is 67.0 Å². The van der Waals surface area contributed by atoms with Gasteiger partial charge in [0, 0.05) is 38.3 Å². The van der Waals surface area contributed by atoms with Crippen LogP contribution < -0.4 is 21.1 Å². The third-order valence-electron chi connectivity index (χ3n) is 7.98. The molecule has 0 bridgehead atoms. The minimum absolute atomic E-state index is 0.160. The van der Waals surface area contributed by atoms with Crippen molar-refractivity contribution in [3.05, 3.63) is 89.5 Å². The molecule has 0 unspecified atom stereocenters. The fourth-order valence-electron chi connectivity index (χ4n) is 5.41. The summed E-state index contributed by atoms with van der Waals surface area (Å²) >= 11 is 0. The molecule has 0 radical (unpaired) electrons. The Bertz CT molecular complexity index is 1930. The zero-order valence-corrected chi connectivity index (χ0v) is 25.9. The summed E-state index contributed by atoms with van der Waals surface area (Å²) < 4.78 is 65.9. The Morgan fingerprint density at radius 2 is 1.81 bits per heavy atom. The van der Waals surface area contributed by atoms with Gasteiger partial charge >= 0.3 is 6.18 Å². The third kappa shape index (κ3) is 7.07. The summed E-state index contributed by atoms with van der Waals surface area (Å²) in [7, 11) is 1.38. The number of nitrogens with two attached hydrogens (primary N) is 1. The van der Waals surface area contributed by atoms with E-state index in [9.17, 15) is 22.4 Å². The lowest BCUT2D eigenvalue weighted by Crippen LogP contribution is -2.40. The maximum atomic E-state index is 14.5. The number of carbonyl (C=O) groups is 1. The number of anilines is 2. The van der Waals surface area contributed by atoms with Crippen molar-refractivity contribution in [1.29, 1.82) is 0 Å². The molecule has 6 rings (SSSR count). The maximum Gasteiger partial charge on any atom is 0.416 e. The van der Waals surface area contributed by atoms with Crippen molar-refractivity contribution in [2.75, 3.05) is 57.6 Å². The number of hydrogen-bond donors (Lipinski definition) is 3. The highest BCUT2D eigenvalue weighted by molar-refractivity contribution is 6.06. The lowest BCUT2D eigenvalue weighted by Gasteiger charge is -2.26. The van der Waals surface area contributed by atoms with E-state index in [4.69, 9.17) is 20.3 Å². The van der Waals surface area contributed by atoms with Crippen molar-refractivity contribution in [3.63, 3.8) is 0 Å². The van der Waals surface area contributed by atoms with Crippen LogP contribution in [0.25, 0.3) is 28.0 Å². The second-order valence-corrected chi connectivity index (χ2v) is 11.1. The van der Waals surface area contributed by atoms with Crippen LogP contribution in [0.3, 0.4) is 0 Å². The summed E-state index contributed by atoms with van der Waals surface area (Å²) in [6, 6.07) is 14.4. The highest BCUT2D eigenvalue weighted by Gasteiger charge is 2.32. The Hall–Kier alpha value is -5.12. The first kappa shape index (κ1) is 32.8. The number of halogens is 4. The molecule has 0 spiro atoms. The molecule has 4 N–H and O–H groups in total. The fourth-order valence-corrected chi connectivity index (χ4v) is 5.41. The number of benzene rings is 3. The Morgan fingerprint density at radius 3 is 2.52 bits per heavy atom.